The smallest absolute Gasteiger partial charge is 0.387 e. The van der Waals surface area contributed by atoms with Crippen molar-refractivity contribution in [1.29, 1.82) is 0 Å². The zero-order chi connectivity index (χ0) is 25.1. The fourth-order valence-corrected chi connectivity index (χ4v) is 3.85. The average Bonchev–Trinajstić information content (AvgIpc) is 3.52. The average molecular weight is 563 g/mol. The zero-order valence-electron chi connectivity index (χ0n) is 19.1. The van der Waals surface area contributed by atoms with Crippen molar-refractivity contribution in [3.05, 3.63) is 63.5 Å². The van der Waals surface area contributed by atoms with Gasteiger partial charge in [-0.15, -0.1) is 12.4 Å². The minimum atomic E-state index is -3.00. The molecular formula is C24H24Cl3F2N3O4. The third kappa shape index (κ3) is 6.79. The number of amides is 1. The summed E-state index contributed by atoms with van der Waals surface area (Å²) < 4.78 is 41.7. The molecule has 1 fully saturated rings. The Balaban J connectivity index is 0.00000361. The number of rotatable bonds is 10. The molecule has 2 aromatic carbocycles. The predicted molar refractivity (Wildman–Crippen MR) is 134 cm³/mol. The topological polar surface area (TPSA) is 99.6 Å². The van der Waals surface area contributed by atoms with Gasteiger partial charge in [0.15, 0.2) is 23.0 Å². The standard InChI is InChI=1S/C24H23Cl2F2N3O4.ClH/c1-12(29)21-20(22(32)30-10-15-16(25)3-2-4-17(15)26)31-23(35-21)14-7-8-18(34-24(27)28)19(9-14)33-11-13-5-6-13;/h2-4,7-9,12-13,24H,5-6,10-11,29H2,1H3,(H,30,32);1H/t12-;/m0./s1. The van der Waals surface area contributed by atoms with Crippen LogP contribution in [-0.2, 0) is 6.54 Å². The van der Waals surface area contributed by atoms with Gasteiger partial charge in [-0.25, -0.2) is 4.98 Å². The molecule has 1 aromatic heterocycles. The number of nitrogens with two attached hydrogens (primary N) is 1. The highest BCUT2D eigenvalue weighted by atomic mass is 35.5. The number of nitrogens with zero attached hydrogens (tertiary/aromatic N) is 1. The summed E-state index contributed by atoms with van der Waals surface area (Å²) in [5.41, 5.74) is 6.97. The minimum Gasteiger partial charge on any atom is -0.489 e. The van der Waals surface area contributed by atoms with Gasteiger partial charge in [0, 0.05) is 27.7 Å². The molecule has 3 aromatic rings. The Hall–Kier alpha value is -2.59. The van der Waals surface area contributed by atoms with Crippen molar-refractivity contribution in [3.8, 4) is 23.0 Å². The van der Waals surface area contributed by atoms with E-state index in [1.165, 1.54) is 18.2 Å². The number of carbonyl (C=O) groups excluding carboxylic acids is 1. The van der Waals surface area contributed by atoms with Crippen LogP contribution in [0.1, 0.15) is 47.6 Å². The quantitative estimate of drug-likeness (QED) is 0.296. The van der Waals surface area contributed by atoms with Gasteiger partial charge in [0.25, 0.3) is 5.91 Å². The molecule has 7 nitrogen and oxygen atoms in total. The van der Waals surface area contributed by atoms with Gasteiger partial charge in [-0.05, 0) is 56.0 Å². The number of aromatic nitrogens is 1. The number of carbonyl (C=O) groups is 1. The Labute approximate surface area is 222 Å². The van der Waals surface area contributed by atoms with Crippen LogP contribution >= 0.6 is 35.6 Å². The van der Waals surface area contributed by atoms with Crippen LogP contribution in [0.4, 0.5) is 8.78 Å². The molecule has 0 bridgehead atoms. The number of alkyl halides is 2. The highest BCUT2D eigenvalue weighted by Crippen LogP contribution is 2.37. The lowest BCUT2D eigenvalue weighted by Gasteiger charge is -2.12. The summed E-state index contributed by atoms with van der Waals surface area (Å²) >= 11 is 12.3. The number of hydrogen-bond donors (Lipinski definition) is 2. The molecule has 36 heavy (non-hydrogen) atoms. The number of halogens is 5. The molecule has 12 heteroatoms. The van der Waals surface area contributed by atoms with Gasteiger partial charge in [-0.1, -0.05) is 29.3 Å². The summed E-state index contributed by atoms with van der Waals surface area (Å²) in [6, 6.07) is 8.72. The summed E-state index contributed by atoms with van der Waals surface area (Å²) in [5, 5.41) is 3.55. The molecule has 194 valence electrons. The van der Waals surface area contributed by atoms with Crippen molar-refractivity contribution < 1.29 is 27.5 Å². The van der Waals surface area contributed by atoms with E-state index in [1.54, 1.807) is 25.1 Å². The van der Waals surface area contributed by atoms with Gasteiger partial charge in [0.1, 0.15) is 0 Å². The molecule has 0 aliphatic heterocycles. The molecule has 0 saturated heterocycles. The first-order valence-corrected chi connectivity index (χ1v) is 11.7. The molecule has 1 aliphatic rings. The van der Waals surface area contributed by atoms with Crippen LogP contribution < -0.4 is 20.5 Å². The van der Waals surface area contributed by atoms with E-state index in [-0.39, 0.29) is 47.8 Å². The highest BCUT2D eigenvalue weighted by molar-refractivity contribution is 6.36. The minimum absolute atomic E-state index is 0. The Morgan fingerprint density at radius 2 is 1.92 bits per heavy atom. The summed E-state index contributed by atoms with van der Waals surface area (Å²) in [4.78, 5) is 17.3. The second-order valence-corrected chi connectivity index (χ2v) is 9.01. The van der Waals surface area contributed by atoms with Crippen LogP contribution in [0, 0.1) is 5.92 Å². The van der Waals surface area contributed by atoms with Crippen LogP contribution in [0.2, 0.25) is 10.0 Å². The monoisotopic (exact) mass is 561 g/mol. The van der Waals surface area contributed by atoms with Crippen LogP contribution in [-0.4, -0.2) is 24.1 Å². The van der Waals surface area contributed by atoms with Crippen LogP contribution in [0.15, 0.2) is 40.8 Å². The van der Waals surface area contributed by atoms with E-state index in [2.05, 4.69) is 15.0 Å². The number of nitrogens with one attached hydrogen (secondary N) is 1. The first-order chi connectivity index (χ1) is 16.7. The molecule has 0 unspecified atom stereocenters. The number of hydrogen-bond acceptors (Lipinski definition) is 6. The van der Waals surface area contributed by atoms with E-state index < -0.39 is 18.6 Å². The number of oxazole rings is 1. The molecule has 1 heterocycles. The van der Waals surface area contributed by atoms with Gasteiger partial charge in [-0.3, -0.25) is 4.79 Å². The highest BCUT2D eigenvalue weighted by Gasteiger charge is 2.26. The maximum Gasteiger partial charge on any atom is 0.387 e. The normalized spacial score (nSPS) is 13.8. The third-order valence-electron chi connectivity index (χ3n) is 5.35. The van der Waals surface area contributed by atoms with Crippen molar-refractivity contribution in [3.63, 3.8) is 0 Å². The zero-order valence-corrected chi connectivity index (χ0v) is 21.4. The second-order valence-electron chi connectivity index (χ2n) is 8.20. The summed E-state index contributed by atoms with van der Waals surface area (Å²) in [6.45, 7) is -0.901. The van der Waals surface area contributed by atoms with Gasteiger partial charge in [-0.2, -0.15) is 8.78 Å². The van der Waals surface area contributed by atoms with Gasteiger partial charge in [0.05, 0.1) is 12.6 Å². The first-order valence-electron chi connectivity index (χ1n) is 10.9. The van der Waals surface area contributed by atoms with E-state index in [0.29, 0.717) is 33.7 Å². The van der Waals surface area contributed by atoms with Gasteiger partial charge in [0.2, 0.25) is 5.89 Å². The third-order valence-corrected chi connectivity index (χ3v) is 6.06. The van der Waals surface area contributed by atoms with E-state index in [4.69, 9.17) is 38.1 Å². The molecule has 0 spiro atoms. The van der Waals surface area contributed by atoms with Crippen molar-refractivity contribution in [2.24, 2.45) is 11.7 Å². The molecule has 1 aliphatic carbocycles. The van der Waals surface area contributed by atoms with Crippen LogP contribution in [0.25, 0.3) is 11.5 Å². The maximum atomic E-state index is 12.9. The van der Waals surface area contributed by atoms with E-state index in [9.17, 15) is 13.6 Å². The molecule has 1 atom stereocenters. The number of benzene rings is 2. The summed E-state index contributed by atoms with van der Waals surface area (Å²) in [6.07, 6.45) is 2.06. The second kappa shape index (κ2) is 12.1. The van der Waals surface area contributed by atoms with E-state index >= 15 is 0 Å². The van der Waals surface area contributed by atoms with Gasteiger partial charge >= 0.3 is 6.61 Å². The van der Waals surface area contributed by atoms with E-state index in [0.717, 1.165) is 12.8 Å². The first kappa shape index (κ1) is 28.0. The molecule has 4 rings (SSSR count). The Morgan fingerprint density at radius 3 is 2.53 bits per heavy atom. The predicted octanol–water partition coefficient (Wildman–Crippen LogP) is 6.41. The Morgan fingerprint density at radius 1 is 1.22 bits per heavy atom. The van der Waals surface area contributed by atoms with Gasteiger partial charge < -0.3 is 24.9 Å². The SMILES string of the molecule is C[C@H](N)c1oc(-c2ccc(OC(F)F)c(OCC3CC3)c2)nc1C(=O)NCc1c(Cl)cccc1Cl.Cl. The van der Waals surface area contributed by atoms with Crippen molar-refractivity contribution in [2.75, 3.05) is 6.61 Å². The number of ether oxygens (including phenoxy) is 2. The molecule has 3 N–H and O–H groups in total. The Bertz CT molecular complexity index is 1200. The fraction of sp³-hybridized carbons (Fsp3) is 0.333. The van der Waals surface area contributed by atoms with Crippen molar-refractivity contribution in [2.45, 2.75) is 39.0 Å². The molecule has 0 radical (unpaired) electrons. The molecular weight excluding hydrogens is 539 g/mol. The van der Waals surface area contributed by atoms with Crippen molar-refractivity contribution >= 4 is 41.5 Å². The Kier molecular flexibility index (Phi) is 9.41. The maximum absolute atomic E-state index is 12.9. The lowest BCUT2D eigenvalue weighted by molar-refractivity contribution is -0.0515. The molecule has 1 saturated carbocycles. The van der Waals surface area contributed by atoms with Crippen molar-refractivity contribution in [1.82, 2.24) is 10.3 Å². The lowest BCUT2D eigenvalue weighted by atomic mass is 10.2. The van der Waals surface area contributed by atoms with Crippen LogP contribution in [0.3, 0.4) is 0 Å². The molecule has 1 amide bonds. The van der Waals surface area contributed by atoms with E-state index in [1.807, 2.05) is 0 Å². The summed E-state index contributed by atoms with van der Waals surface area (Å²) in [7, 11) is 0. The largest absolute Gasteiger partial charge is 0.489 e. The fourth-order valence-electron chi connectivity index (χ4n) is 3.32. The van der Waals surface area contributed by atoms with Crippen LogP contribution in [0.5, 0.6) is 11.5 Å². The summed E-state index contributed by atoms with van der Waals surface area (Å²) in [5.74, 6) is 0.138. The lowest BCUT2D eigenvalue weighted by Crippen LogP contribution is -2.25.